The Hall–Kier alpha value is -1.95. The topological polar surface area (TPSA) is 35.5 Å². The molecule has 3 heteroatoms. The molecule has 72 valence electrons. The Kier molecular flexibility index (Phi) is 3.57. The number of rotatable bonds is 3. The predicted molar refractivity (Wildman–Crippen MR) is 52.1 cm³/mol. The van der Waals surface area contributed by atoms with Gasteiger partial charge in [0.15, 0.2) is 0 Å². The zero-order valence-corrected chi connectivity index (χ0v) is 7.82. The van der Waals surface area contributed by atoms with E-state index in [2.05, 4.69) is 5.92 Å². The lowest BCUT2D eigenvalue weighted by atomic mass is 10.3. The van der Waals surface area contributed by atoms with Gasteiger partial charge in [0, 0.05) is 6.92 Å². The van der Waals surface area contributed by atoms with Crippen LogP contribution < -0.4 is 9.47 Å². The quantitative estimate of drug-likeness (QED) is 0.413. The lowest BCUT2D eigenvalue weighted by molar-refractivity contribution is -0.131. The second-order valence-electron chi connectivity index (χ2n) is 2.56. The molecule has 0 spiro atoms. The van der Waals surface area contributed by atoms with Crippen LogP contribution in [-0.2, 0) is 4.79 Å². The van der Waals surface area contributed by atoms with E-state index in [1.165, 1.54) is 6.92 Å². The van der Waals surface area contributed by atoms with Gasteiger partial charge in [-0.15, -0.1) is 6.42 Å². The second-order valence-corrected chi connectivity index (χ2v) is 2.56. The molecular weight excluding hydrogens is 180 g/mol. The third kappa shape index (κ3) is 3.20. The highest BCUT2D eigenvalue weighted by Crippen LogP contribution is 2.17. The lowest BCUT2D eigenvalue weighted by Gasteiger charge is -2.03. The van der Waals surface area contributed by atoms with Crippen molar-refractivity contribution in [1.29, 1.82) is 0 Å². The SMILES string of the molecule is C#CCOc1ccc(OC(C)=O)cc1. The van der Waals surface area contributed by atoms with Gasteiger partial charge >= 0.3 is 5.97 Å². The molecule has 0 N–H and O–H groups in total. The maximum absolute atomic E-state index is 10.6. The first-order valence-electron chi connectivity index (χ1n) is 4.07. The minimum absolute atomic E-state index is 0.229. The first-order chi connectivity index (χ1) is 6.72. The minimum Gasteiger partial charge on any atom is -0.481 e. The molecule has 0 aliphatic rings. The van der Waals surface area contributed by atoms with Gasteiger partial charge in [0.1, 0.15) is 18.1 Å². The van der Waals surface area contributed by atoms with Gasteiger partial charge in [0.25, 0.3) is 0 Å². The summed E-state index contributed by atoms with van der Waals surface area (Å²) in [5.41, 5.74) is 0. The molecule has 0 radical (unpaired) electrons. The standard InChI is InChI=1S/C11H10O3/c1-3-8-13-10-4-6-11(7-5-10)14-9(2)12/h1,4-7H,8H2,2H3. The molecule has 0 aliphatic carbocycles. The van der Waals surface area contributed by atoms with Gasteiger partial charge in [0.05, 0.1) is 0 Å². The highest BCUT2D eigenvalue weighted by Gasteiger charge is 1.97. The van der Waals surface area contributed by atoms with Crippen molar-refractivity contribution < 1.29 is 14.3 Å². The van der Waals surface area contributed by atoms with Crippen molar-refractivity contribution in [2.75, 3.05) is 6.61 Å². The average molecular weight is 190 g/mol. The summed E-state index contributed by atoms with van der Waals surface area (Å²) in [4.78, 5) is 10.6. The molecule has 0 saturated carbocycles. The summed E-state index contributed by atoms with van der Waals surface area (Å²) >= 11 is 0. The van der Waals surface area contributed by atoms with Crippen LogP contribution in [0.3, 0.4) is 0 Å². The van der Waals surface area contributed by atoms with Crippen molar-refractivity contribution in [3.63, 3.8) is 0 Å². The smallest absolute Gasteiger partial charge is 0.308 e. The lowest BCUT2D eigenvalue weighted by Crippen LogP contribution is -2.01. The van der Waals surface area contributed by atoms with Crippen molar-refractivity contribution in [3.05, 3.63) is 24.3 Å². The molecule has 0 aromatic heterocycles. The first kappa shape index (κ1) is 10.1. The number of carbonyl (C=O) groups excluding carboxylic acids is 1. The maximum atomic E-state index is 10.6. The molecule has 0 saturated heterocycles. The molecule has 0 unspecified atom stereocenters. The number of hydrogen-bond acceptors (Lipinski definition) is 3. The largest absolute Gasteiger partial charge is 0.481 e. The van der Waals surface area contributed by atoms with Crippen LogP contribution in [0.2, 0.25) is 0 Å². The molecule has 0 heterocycles. The summed E-state index contributed by atoms with van der Waals surface area (Å²) in [5, 5.41) is 0. The summed E-state index contributed by atoms with van der Waals surface area (Å²) in [6, 6.07) is 6.67. The van der Waals surface area contributed by atoms with Crippen LogP contribution in [0.5, 0.6) is 11.5 Å². The van der Waals surface area contributed by atoms with Gasteiger partial charge in [-0.05, 0) is 24.3 Å². The van der Waals surface area contributed by atoms with Gasteiger partial charge < -0.3 is 9.47 Å². The number of terminal acetylenes is 1. The Bertz CT molecular complexity index is 346. The monoisotopic (exact) mass is 190 g/mol. The van der Waals surface area contributed by atoms with Gasteiger partial charge in [-0.1, -0.05) is 5.92 Å². The van der Waals surface area contributed by atoms with Crippen LogP contribution in [0.25, 0.3) is 0 Å². The predicted octanol–water partition coefficient (Wildman–Crippen LogP) is 1.62. The third-order valence-corrected chi connectivity index (χ3v) is 1.41. The van der Waals surface area contributed by atoms with Crippen molar-refractivity contribution in [3.8, 4) is 23.8 Å². The first-order valence-corrected chi connectivity index (χ1v) is 4.07. The van der Waals surface area contributed by atoms with Crippen LogP contribution in [0.1, 0.15) is 6.92 Å². The normalized spacial score (nSPS) is 8.86. The fourth-order valence-electron chi connectivity index (χ4n) is 0.895. The van der Waals surface area contributed by atoms with Crippen LogP contribution in [-0.4, -0.2) is 12.6 Å². The van der Waals surface area contributed by atoms with Crippen LogP contribution >= 0.6 is 0 Å². The summed E-state index contributed by atoms with van der Waals surface area (Å²) in [7, 11) is 0. The van der Waals surface area contributed by atoms with Crippen molar-refractivity contribution in [2.45, 2.75) is 6.92 Å². The molecule has 1 aromatic rings. The Morgan fingerprint density at radius 3 is 2.43 bits per heavy atom. The molecule has 0 amide bonds. The summed E-state index contributed by atoms with van der Waals surface area (Å²) in [6.45, 7) is 1.58. The summed E-state index contributed by atoms with van der Waals surface area (Å²) < 4.78 is 9.98. The summed E-state index contributed by atoms with van der Waals surface area (Å²) in [6.07, 6.45) is 5.03. The molecule has 0 aliphatic heterocycles. The number of hydrogen-bond donors (Lipinski definition) is 0. The van der Waals surface area contributed by atoms with E-state index in [1.807, 2.05) is 0 Å². The molecule has 1 aromatic carbocycles. The van der Waals surface area contributed by atoms with E-state index in [-0.39, 0.29) is 12.6 Å². The van der Waals surface area contributed by atoms with E-state index in [1.54, 1.807) is 24.3 Å². The van der Waals surface area contributed by atoms with E-state index >= 15 is 0 Å². The molecule has 14 heavy (non-hydrogen) atoms. The van der Waals surface area contributed by atoms with Crippen LogP contribution in [0.4, 0.5) is 0 Å². The molecule has 1 rings (SSSR count). The molecular formula is C11H10O3. The Labute approximate surface area is 82.6 Å². The molecule has 0 atom stereocenters. The van der Waals surface area contributed by atoms with E-state index in [0.717, 1.165) is 0 Å². The van der Waals surface area contributed by atoms with Gasteiger partial charge in [0.2, 0.25) is 0 Å². The Morgan fingerprint density at radius 1 is 1.36 bits per heavy atom. The van der Waals surface area contributed by atoms with Gasteiger partial charge in [-0.2, -0.15) is 0 Å². The zero-order valence-electron chi connectivity index (χ0n) is 7.82. The van der Waals surface area contributed by atoms with E-state index in [4.69, 9.17) is 15.9 Å². The van der Waals surface area contributed by atoms with Gasteiger partial charge in [-0.25, -0.2) is 0 Å². The average Bonchev–Trinajstić information content (AvgIpc) is 2.16. The highest BCUT2D eigenvalue weighted by atomic mass is 16.5. The second kappa shape index (κ2) is 4.93. The molecule has 0 bridgehead atoms. The summed E-state index contributed by atoms with van der Waals surface area (Å²) in [5.74, 6) is 3.15. The number of benzene rings is 1. The highest BCUT2D eigenvalue weighted by molar-refractivity contribution is 5.69. The van der Waals surface area contributed by atoms with Crippen LogP contribution in [0.15, 0.2) is 24.3 Å². The molecule has 3 nitrogen and oxygen atoms in total. The zero-order chi connectivity index (χ0) is 10.4. The van der Waals surface area contributed by atoms with Crippen LogP contribution in [0, 0.1) is 12.3 Å². The third-order valence-electron chi connectivity index (χ3n) is 1.41. The minimum atomic E-state index is -0.345. The van der Waals surface area contributed by atoms with Crippen molar-refractivity contribution >= 4 is 5.97 Å². The Balaban J connectivity index is 2.60. The van der Waals surface area contributed by atoms with Gasteiger partial charge in [-0.3, -0.25) is 4.79 Å². The van der Waals surface area contributed by atoms with E-state index in [9.17, 15) is 4.79 Å². The number of ether oxygens (including phenoxy) is 2. The van der Waals surface area contributed by atoms with Crippen molar-refractivity contribution in [2.24, 2.45) is 0 Å². The fraction of sp³-hybridized carbons (Fsp3) is 0.182. The van der Waals surface area contributed by atoms with E-state index < -0.39 is 0 Å². The Morgan fingerprint density at radius 2 is 1.93 bits per heavy atom. The number of esters is 1. The van der Waals surface area contributed by atoms with E-state index in [0.29, 0.717) is 11.5 Å². The van der Waals surface area contributed by atoms with Crippen molar-refractivity contribution in [1.82, 2.24) is 0 Å². The number of carbonyl (C=O) groups is 1. The maximum Gasteiger partial charge on any atom is 0.308 e. The molecule has 0 fully saturated rings. The fourth-order valence-corrected chi connectivity index (χ4v) is 0.895.